The lowest BCUT2D eigenvalue weighted by atomic mass is 9.98. The third-order valence-electron chi connectivity index (χ3n) is 21.7. The van der Waals surface area contributed by atoms with Crippen molar-refractivity contribution in [3.63, 3.8) is 0 Å². The summed E-state index contributed by atoms with van der Waals surface area (Å²) in [5, 5.41) is 11.1. The summed E-state index contributed by atoms with van der Waals surface area (Å²) in [6.07, 6.45) is 0. The second-order valence-corrected chi connectivity index (χ2v) is 28.0. The van der Waals surface area contributed by atoms with Crippen LogP contribution in [0.2, 0.25) is 0 Å². The molecule has 0 radical (unpaired) electrons. The van der Waals surface area contributed by atoms with Gasteiger partial charge in [0.1, 0.15) is 22.3 Å². The second-order valence-electron chi connectivity index (χ2n) is 28.0. The molecule has 0 spiro atoms. The van der Waals surface area contributed by atoms with Crippen LogP contribution in [0.25, 0.3) is 222 Å². The second kappa shape index (κ2) is 25.4. The minimum Gasteiger partial charge on any atom is -0.455 e. The number of para-hydroxylation sites is 5. The Kier molecular flexibility index (Phi) is 14.4. The zero-order chi connectivity index (χ0) is 72.3. The summed E-state index contributed by atoms with van der Waals surface area (Å²) < 4.78 is 18.2. The van der Waals surface area contributed by atoms with Crippen LogP contribution in [0.5, 0.6) is 0 Å². The van der Waals surface area contributed by atoms with Gasteiger partial charge in [0.15, 0.2) is 34.9 Å². The molecule has 0 amide bonds. The first-order valence-electron chi connectivity index (χ1n) is 37.0. The average molecular weight is 1410 g/mol. The lowest BCUT2D eigenvalue weighted by molar-refractivity contribution is 0.669. The van der Waals surface area contributed by atoms with Crippen molar-refractivity contribution in [3.8, 4) is 124 Å². The van der Waals surface area contributed by atoms with Gasteiger partial charge in [-0.25, -0.2) is 29.9 Å². The molecule has 6 heterocycles. The molecule has 10 nitrogen and oxygen atoms in total. The topological polar surface area (TPSA) is 113 Å². The summed E-state index contributed by atoms with van der Waals surface area (Å²) in [5.41, 5.74) is 24.0. The molecule has 10 heteroatoms. The maximum absolute atomic E-state index is 6.95. The summed E-state index contributed by atoms with van der Waals surface area (Å²) in [6, 6.07) is 128. The third-order valence-corrected chi connectivity index (χ3v) is 21.7. The van der Waals surface area contributed by atoms with Gasteiger partial charge in [0.2, 0.25) is 0 Å². The Morgan fingerprint density at radius 1 is 0.182 bits per heavy atom. The molecule has 110 heavy (non-hydrogen) atoms. The van der Waals surface area contributed by atoms with E-state index >= 15 is 0 Å². The normalized spacial score (nSPS) is 11.8. The Bertz CT molecular complexity index is 7390. The number of fused-ring (bicyclic) bond motifs is 13. The number of rotatable bonds is 12. The maximum atomic E-state index is 6.95. The van der Waals surface area contributed by atoms with Gasteiger partial charge in [-0.1, -0.05) is 285 Å². The molecule has 512 valence electrons. The van der Waals surface area contributed by atoms with E-state index in [-0.39, 0.29) is 0 Å². The third kappa shape index (κ3) is 10.4. The molecule has 0 unspecified atom stereocenters. The summed E-state index contributed by atoms with van der Waals surface area (Å²) in [7, 11) is 0. The first kappa shape index (κ1) is 62.4. The fourth-order valence-electron chi connectivity index (χ4n) is 16.4. The summed E-state index contributed by atoms with van der Waals surface area (Å²) >= 11 is 0. The summed E-state index contributed by atoms with van der Waals surface area (Å²) in [4.78, 5) is 30.9. The van der Waals surface area contributed by atoms with Gasteiger partial charge >= 0.3 is 0 Å². The summed E-state index contributed by atoms with van der Waals surface area (Å²) in [6.45, 7) is 0. The Hall–Kier alpha value is -15.0. The van der Waals surface area contributed by atoms with E-state index in [1.54, 1.807) is 0 Å². The Morgan fingerprint density at radius 2 is 0.573 bits per heavy atom. The lowest BCUT2D eigenvalue weighted by Gasteiger charge is -2.15. The fraction of sp³-hybridized carbons (Fsp3) is 0. The van der Waals surface area contributed by atoms with Gasteiger partial charge in [-0.15, -0.1) is 0 Å². The molecule has 0 saturated heterocycles. The van der Waals surface area contributed by atoms with E-state index in [0.29, 0.717) is 34.9 Å². The van der Waals surface area contributed by atoms with Gasteiger partial charge in [0.25, 0.3) is 0 Å². The van der Waals surface area contributed by atoms with Crippen LogP contribution in [0.3, 0.4) is 0 Å². The Labute approximate surface area is 630 Å². The first-order valence-corrected chi connectivity index (χ1v) is 37.0. The zero-order valence-electron chi connectivity index (χ0n) is 59.0. The molecular formula is C100H60N8O2. The molecule has 0 fully saturated rings. The van der Waals surface area contributed by atoms with Crippen molar-refractivity contribution >= 4 is 98.3 Å². The highest BCUT2D eigenvalue weighted by Crippen LogP contribution is 2.45. The Morgan fingerprint density at radius 3 is 1.19 bits per heavy atom. The van der Waals surface area contributed by atoms with Gasteiger partial charge in [-0.2, -0.15) is 0 Å². The molecule has 0 atom stereocenters. The molecule has 0 aliphatic rings. The molecule has 6 aromatic heterocycles. The van der Waals surface area contributed by atoms with E-state index in [1.165, 1.54) is 5.39 Å². The van der Waals surface area contributed by atoms with E-state index in [2.05, 4.69) is 270 Å². The van der Waals surface area contributed by atoms with Crippen LogP contribution in [-0.2, 0) is 0 Å². The van der Waals surface area contributed by atoms with Crippen molar-refractivity contribution in [3.05, 3.63) is 364 Å². The number of furan rings is 2. The average Bonchev–Trinajstić information content (AvgIpc) is 1.69. The van der Waals surface area contributed by atoms with Crippen molar-refractivity contribution in [1.29, 1.82) is 0 Å². The van der Waals surface area contributed by atoms with Crippen LogP contribution in [0, 0.1) is 0 Å². The van der Waals surface area contributed by atoms with Crippen LogP contribution in [-0.4, -0.2) is 39.0 Å². The van der Waals surface area contributed by atoms with Gasteiger partial charge in [-0.3, -0.25) is 0 Å². The van der Waals surface area contributed by atoms with E-state index in [9.17, 15) is 0 Å². The van der Waals surface area contributed by atoms with E-state index in [0.717, 1.165) is 182 Å². The molecule has 0 aliphatic carbocycles. The van der Waals surface area contributed by atoms with Crippen molar-refractivity contribution < 1.29 is 8.83 Å². The van der Waals surface area contributed by atoms with Gasteiger partial charge in [-0.05, 0) is 118 Å². The van der Waals surface area contributed by atoms with Gasteiger partial charge < -0.3 is 18.0 Å². The van der Waals surface area contributed by atoms with Crippen molar-refractivity contribution in [2.45, 2.75) is 0 Å². The van der Waals surface area contributed by atoms with Crippen LogP contribution in [0.4, 0.5) is 0 Å². The predicted octanol–water partition coefficient (Wildman–Crippen LogP) is 25.9. The summed E-state index contributed by atoms with van der Waals surface area (Å²) in [5.74, 6) is 3.64. The SMILES string of the molecule is c1ccc(-c2nc(-c3ccc(-c4ccc(-c5cccc6c5oc5cc(-c7ccc8c(c7)c7ccccc7n8-c7ccc(-c8nc(-c9ccccc9)nc(-c9ccccc9)n8)c8ccccc78)ccc56)cc4)cc3)nc(-c3cccc(-n4c5ccccc5c5cc(-c6cccc7c6oc6ccccc67)ccc54)c3)n2)cc1. The number of benzene rings is 16. The first-order chi connectivity index (χ1) is 54.5. The molecule has 0 aliphatic heterocycles. The van der Waals surface area contributed by atoms with Crippen molar-refractivity contribution in [1.82, 2.24) is 39.0 Å². The van der Waals surface area contributed by atoms with Gasteiger partial charge in [0, 0.05) is 98.7 Å². The highest BCUT2D eigenvalue weighted by molar-refractivity contribution is 6.16. The highest BCUT2D eigenvalue weighted by atomic mass is 16.3. The quantitative estimate of drug-likeness (QED) is 0.119. The standard InChI is InChI=1S/C100H60N8O2/c1-4-21-64(22-5-1)95-101-98(104-99(103-95)71-27-18-28-72(57-71)107-86-38-15-12-31-77(86)85-59-70(51-55-89(85)107)74-35-20-36-81-79-33-14-17-40-91(79)109-94(74)81)67-47-43-62(44-48-67)61-41-45-63(46-42-61)73-34-19-37-82-80-52-49-69(60-92(80)110-93(73)82)68-50-54-90-84(58-68)78-32-13-16-39-87(78)108(90)88-56-53-83(75-29-10-11-30-76(75)88)100-105-96(65-23-6-2-7-24-65)102-97(106-100)66-25-8-3-9-26-66/h1-60H. The number of aromatic nitrogens is 8. The van der Waals surface area contributed by atoms with E-state index in [1.807, 2.05) is 103 Å². The predicted molar refractivity (Wildman–Crippen MR) is 448 cm³/mol. The monoisotopic (exact) mass is 1400 g/mol. The van der Waals surface area contributed by atoms with Crippen LogP contribution < -0.4 is 0 Å². The molecule has 0 saturated carbocycles. The fourth-order valence-corrected chi connectivity index (χ4v) is 16.4. The largest absolute Gasteiger partial charge is 0.455 e. The van der Waals surface area contributed by atoms with Crippen LogP contribution in [0.15, 0.2) is 373 Å². The highest BCUT2D eigenvalue weighted by Gasteiger charge is 2.24. The Balaban J connectivity index is 0.555. The smallest absolute Gasteiger partial charge is 0.164 e. The van der Waals surface area contributed by atoms with Gasteiger partial charge in [0.05, 0.1) is 27.8 Å². The molecule has 22 aromatic rings. The van der Waals surface area contributed by atoms with Crippen molar-refractivity contribution in [2.75, 3.05) is 0 Å². The lowest BCUT2D eigenvalue weighted by Crippen LogP contribution is -2.01. The number of nitrogens with zero attached hydrogens (tertiary/aromatic N) is 8. The minimum absolute atomic E-state index is 0.583. The van der Waals surface area contributed by atoms with Crippen LogP contribution in [0.1, 0.15) is 0 Å². The molecule has 16 aromatic carbocycles. The zero-order valence-corrected chi connectivity index (χ0v) is 59.0. The number of hydrogen-bond donors (Lipinski definition) is 0. The van der Waals surface area contributed by atoms with E-state index in [4.69, 9.17) is 38.7 Å². The molecular weight excluding hydrogens is 1350 g/mol. The minimum atomic E-state index is 0.583. The molecule has 0 N–H and O–H groups in total. The molecule has 0 bridgehead atoms. The van der Waals surface area contributed by atoms with Crippen LogP contribution >= 0.6 is 0 Å². The number of hydrogen-bond acceptors (Lipinski definition) is 8. The van der Waals surface area contributed by atoms with Crippen molar-refractivity contribution in [2.24, 2.45) is 0 Å². The maximum Gasteiger partial charge on any atom is 0.164 e. The van der Waals surface area contributed by atoms with E-state index < -0.39 is 0 Å². The molecule has 22 rings (SSSR count).